The number of carbonyl (C=O) groups excluding carboxylic acids is 1. The SMILES string of the molecule is O=C(N/N=C/c1csnn1)C(F)F. The summed E-state index contributed by atoms with van der Waals surface area (Å²) < 4.78 is 26.7. The van der Waals surface area contributed by atoms with Gasteiger partial charge in [0.2, 0.25) is 0 Å². The number of carbonyl (C=O) groups is 1. The molecule has 0 radical (unpaired) electrons. The maximum atomic E-state index is 11.6. The van der Waals surface area contributed by atoms with E-state index in [1.54, 1.807) is 10.8 Å². The molecule has 0 saturated carbocycles. The minimum atomic E-state index is -3.06. The molecule has 5 nitrogen and oxygen atoms in total. The first-order valence-corrected chi connectivity index (χ1v) is 3.92. The van der Waals surface area contributed by atoms with Crippen molar-refractivity contribution in [3.8, 4) is 0 Å². The van der Waals surface area contributed by atoms with Crippen LogP contribution in [0.5, 0.6) is 0 Å². The summed E-state index contributed by atoms with van der Waals surface area (Å²) in [6.07, 6.45) is -1.94. The highest BCUT2D eigenvalue weighted by Gasteiger charge is 2.13. The molecule has 1 aromatic rings. The third-order valence-electron chi connectivity index (χ3n) is 0.947. The summed E-state index contributed by atoms with van der Waals surface area (Å²) in [5, 5.41) is 8.33. The number of hydrazone groups is 1. The van der Waals surface area contributed by atoms with Crippen LogP contribution < -0.4 is 5.43 Å². The average molecular weight is 206 g/mol. The monoisotopic (exact) mass is 206 g/mol. The van der Waals surface area contributed by atoms with Gasteiger partial charge < -0.3 is 0 Å². The Morgan fingerprint density at radius 2 is 2.54 bits per heavy atom. The zero-order chi connectivity index (χ0) is 9.68. The molecule has 1 aromatic heterocycles. The molecule has 1 rings (SSSR count). The number of nitrogens with zero attached hydrogens (tertiary/aromatic N) is 3. The van der Waals surface area contributed by atoms with Crippen LogP contribution in [0.25, 0.3) is 0 Å². The van der Waals surface area contributed by atoms with Crippen LogP contribution in [0.1, 0.15) is 5.69 Å². The molecule has 1 heterocycles. The Kier molecular flexibility index (Phi) is 3.38. The molecule has 0 unspecified atom stereocenters. The number of halogens is 2. The highest BCUT2D eigenvalue weighted by atomic mass is 32.1. The van der Waals surface area contributed by atoms with Crippen molar-refractivity contribution in [2.45, 2.75) is 6.43 Å². The van der Waals surface area contributed by atoms with Crippen molar-refractivity contribution in [2.24, 2.45) is 5.10 Å². The number of amides is 1. The fraction of sp³-hybridized carbons (Fsp3) is 0.200. The second kappa shape index (κ2) is 4.55. The van der Waals surface area contributed by atoms with Crippen LogP contribution in [0.2, 0.25) is 0 Å². The maximum Gasteiger partial charge on any atom is 0.317 e. The van der Waals surface area contributed by atoms with Crippen molar-refractivity contribution in [1.29, 1.82) is 0 Å². The lowest BCUT2D eigenvalue weighted by molar-refractivity contribution is -0.131. The molecule has 0 fully saturated rings. The van der Waals surface area contributed by atoms with Gasteiger partial charge in [0.1, 0.15) is 5.69 Å². The second-order valence-corrected chi connectivity index (χ2v) is 2.47. The fourth-order valence-corrected chi connectivity index (χ4v) is 0.843. The third kappa shape index (κ3) is 3.20. The Balaban J connectivity index is 2.39. The van der Waals surface area contributed by atoms with Crippen LogP contribution in [0.4, 0.5) is 8.78 Å². The lowest BCUT2D eigenvalue weighted by atomic mass is 10.6. The summed E-state index contributed by atoms with van der Waals surface area (Å²) in [6, 6.07) is 0. The molecule has 8 heteroatoms. The molecular formula is C5H4F2N4OS. The summed E-state index contributed by atoms with van der Waals surface area (Å²) in [5.41, 5.74) is 2.04. The first-order valence-electron chi connectivity index (χ1n) is 3.08. The van der Waals surface area contributed by atoms with E-state index in [9.17, 15) is 13.6 Å². The Hall–Kier alpha value is -1.44. The molecular weight excluding hydrogens is 202 g/mol. The molecule has 0 aliphatic carbocycles. The van der Waals surface area contributed by atoms with Crippen LogP contribution in [0.3, 0.4) is 0 Å². The molecule has 13 heavy (non-hydrogen) atoms. The van der Waals surface area contributed by atoms with Gasteiger partial charge in [-0.25, -0.2) is 5.43 Å². The summed E-state index contributed by atoms with van der Waals surface area (Å²) in [7, 11) is 0. The standard InChI is InChI=1S/C5H4F2N4OS/c6-4(7)5(12)10-8-1-3-2-13-11-9-3/h1-2,4H,(H,10,12)/b8-1+. The van der Waals surface area contributed by atoms with Gasteiger partial charge >= 0.3 is 12.3 Å². The molecule has 1 amide bonds. The van der Waals surface area contributed by atoms with E-state index in [-0.39, 0.29) is 0 Å². The molecule has 0 spiro atoms. The number of aromatic nitrogens is 2. The second-order valence-electron chi connectivity index (χ2n) is 1.86. The Morgan fingerprint density at radius 1 is 1.77 bits per heavy atom. The van der Waals surface area contributed by atoms with Gasteiger partial charge in [-0.15, -0.1) is 5.10 Å². The molecule has 0 aliphatic heterocycles. The summed E-state index contributed by atoms with van der Waals surface area (Å²) in [4.78, 5) is 10.3. The van der Waals surface area contributed by atoms with Crippen molar-refractivity contribution >= 4 is 23.7 Å². The smallest absolute Gasteiger partial charge is 0.266 e. The zero-order valence-corrected chi connectivity index (χ0v) is 6.96. The zero-order valence-electron chi connectivity index (χ0n) is 6.15. The van der Waals surface area contributed by atoms with E-state index in [2.05, 4.69) is 14.7 Å². The molecule has 1 N–H and O–H groups in total. The molecule has 0 saturated heterocycles. The summed E-state index contributed by atoms with van der Waals surface area (Å²) in [6.45, 7) is 0. The minimum absolute atomic E-state index is 0.402. The minimum Gasteiger partial charge on any atom is -0.266 e. The predicted octanol–water partition coefficient (Wildman–Crippen LogP) is 0.253. The van der Waals surface area contributed by atoms with Crippen LogP contribution in [-0.2, 0) is 4.79 Å². The molecule has 0 aliphatic rings. The van der Waals surface area contributed by atoms with Crippen molar-refractivity contribution in [3.05, 3.63) is 11.1 Å². The lowest BCUT2D eigenvalue weighted by Gasteiger charge is -1.94. The molecule has 70 valence electrons. The number of hydrogen-bond donors (Lipinski definition) is 1. The molecule has 0 aromatic carbocycles. The van der Waals surface area contributed by atoms with E-state index in [1.807, 2.05) is 0 Å². The number of hydrogen-bond acceptors (Lipinski definition) is 5. The number of rotatable bonds is 3. The van der Waals surface area contributed by atoms with E-state index in [1.165, 1.54) is 0 Å². The van der Waals surface area contributed by atoms with Crippen LogP contribution >= 0.6 is 11.5 Å². The highest BCUT2D eigenvalue weighted by Crippen LogP contribution is 1.93. The quantitative estimate of drug-likeness (QED) is 0.569. The lowest BCUT2D eigenvalue weighted by Crippen LogP contribution is -2.24. The third-order valence-corrected chi connectivity index (χ3v) is 1.47. The highest BCUT2D eigenvalue weighted by molar-refractivity contribution is 7.03. The van der Waals surface area contributed by atoms with Gasteiger partial charge in [0, 0.05) is 5.38 Å². The molecule has 0 atom stereocenters. The van der Waals surface area contributed by atoms with Crippen LogP contribution in [0.15, 0.2) is 10.5 Å². The van der Waals surface area contributed by atoms with Gasteiger partial charge in [0.15, 0.2) is 0 Å². The van der Waals surface area contributed by atoms with E-state index >= 15 is 0 Å². The van der Waals surface area contributed by atoms with Crippen molar-refractivity contribution in [2.75, 3.05) is 0 Å². The van der Waals surface area contributed by atoms with Crippen LogP contribution in [0, 0.1) is 0 Å². The molecule has 0 bridgehead atoms. The van der Waals surface area contributed by atoms with Gasteiger partial charge in [-0.2, -0.15) is 13.9 Å². The van der Waals surface area contributed by atoms with E-state index in [4.69, 9.17) is 0 Å². The largest absolute Gasteiger partial charge is 0.317 e. The first kappa shape index (κ1) is 9.65. The van der Waals surface area contributed by atoms with Gasteiger partial charge in [-0.1, -0.05) is 4.49 Å². The normalized spacial score (nSPS) is 11.0. The van der Waals surface area contributed by atoms with Crippen molar-refractivity contribution < 1.29 is 13.6 Å². The van der Waals surface area contributed by atoms with E-state index in [0.717, 1.165) is 17.7 Å². The maximum absolute atomic E-state index is 11.6. The first-order chi connectivity index (χ1) is 6.20. The van der Waals surface area contributed by atoms with Gasteiger partial charge in [0.25, 0.3) is 0 Å². The summed E-state index contributed by atoms with van der Waals surface area (Å²) >= 11 is 1.09. The van der Waals surface area contributed by atoms with Crippen LogP contribution in [-0.4, -0.2) is 28.1 Å². The van der Waals surface area contributed by atoms with Crippen molar-refractivity contribution in [3.63, 3.8) is 0 Å². The predicted molar refractivity (Wildman–Crippen MR) is 41.6 cm³/mol. The number of nitrogens with one attached hydrogen (secondary N) is 1. The fourth-order valence-electron chi connectivity index (χ4n) is 0.439. The average Bonchev–Trinajstić information content (AvgIpc) is 2.56. The Morgan fingerprint density at radius 3 is 3.08 bits per heavy atom. The Bertz CT molecular complexity index is 299. The topological polar surface area (TPSA) is 67.2 Å². The van der Waals surface area contributed by atoms with Gasteiger partial charge in [0.05, 0.1) is 6.21 Å². The van der Waals surface area contributed by atoms with Gasteiger partial charge in [-0.3, -0.25) is 4.79 Å². The number of alkyl halides is 2. The van der Waals surface area contributed by atoms with E-state index < -0.39 is 12.3 Å². The Labute approximate surface area is 75.6 Å². The van der Waals surface area contributed by atoms with Crippen molar-refractivity contribution in [1.82, 2.24) is 15.0 Å². The van der Waals surface area contributed by atoms with E-state index in [0.29, 0.717) is 5.69 Å². The van der Waals surface area contributed by atoms with Gasteiger partial charge in [-0.05, 0) is 11.5 Å². The summed E-state index contributed by atoms with van der Waals surface area (Å²) in [5.74, 6) is -1.44.